The summed E-state index contributed by atoms with van der Waals surface area (Å²) in [5, 5.41) is 10.8. The Hall–Kier alpha value is -2.93. The van der Waals surface area contributed by atoms with Gasteiger partial charge in [0.2, 0.25) is 0 Å². The van der Waals surface area contributed by atoms with Gasteiger partial charge < -0.3 is 9.67 Å². The monoisotopic (exact) mass is 326 g/mol. The number of thiophene rings is 1. The number of benzene rings is 1. The van der Waals surface area contributed by atoms with Crippen LogP contribution in [0.25, 0.3) is 10.2 Å². The van der Waals surface area contributed by atoms with Gasteiger partial charge in [-0.2, -0.15) is 0 Å². The number of anilines is 1. The number of aromatic carboxylic acids is 1. The van der Waals surface area contributed by atoms with Crippen LogP contribution in [0.3, 0.4) is 0 Å². The van der Waals surface area contributed by atoms with Gasteiger partial charge in [-0.1, -0.05) is 0 Å². The third-order valence-corrected chi connectivity index (χ3v) is 4.71. The van der Waals surface area contributed by atoms with Crippen LogP contribution in [0.4, 0.5) is 5.69 Å². The molecule has 1 aromatic carbocycles. The van der Waals surface area contributed by atoms with Gasteiger partial charge >= 0.3 is 5.97 Å². The van der Waals surface area contributed by atoms with Crippen LogP contribution >= 0.6 is 11.3 Å². The van der Waals surface area contributed by atoms with E-state index in [1.807, 2.05) is 11.4 Å². The van der Waals surface area contributed by atoms with E-state index in [1.165, 1.54) is 35.6 Å². The van der Waals surface area contributed by atoms with E-state index in [-0.39, 0.29) is 18.0 Å². The average Bonchev–Trinajstić information content (AvgIpc) is 3.10. The van der Waals surface area contributed by atoms with Gasteiger partial charge in [-0.05, 0) is 41.8 Å². The quantitative estimate of drug-likeness (QED) is 0.734. The lowest BCUT2D eigenvalue weighted by atomic mass is 10.1. The number of fused-ring (bicyclic) bond motifs is 3. The summed E-state index contributed by atoms with van der Waals surface area (Å²) in [4.78, 5) is 37.1. The molecule has 0 atom stereocenters. The maximum Gasteiger partial charge on any atom is 0.335 e. The van der Waals surface area contributed by atoms with Crippen LogP contribution in [-0.4, -0.2) is 27.5 Å². The number of carbonyl (C=O) groups is 3. The van der Waals surface area contributed by atoms with E-state index in [2.05, 4.69) is 0 Å². The Kier molecular flexibility index (Phi) is 2.85. The summed E-state index contributed by atoms with van der Waals surface area (Å²) in [6.07, 6.45) is 0. The fourth-order valence-electron chi connectivity index (χ4n) is 2.77. The fraction of sp³-hybridized carbons (Fsp3) is 0.0625. The molecule has 0 bridgehead atoms. The predicted octanol–water partition coefficient (Wildman–Crippen LogP) is 2.59. The zero-order valence-corrected chi connectivity index (χ0v) is 12.5. The van der Waals surface area contributed by atoms with E-state index in [0.717, 1.165) is 15.1 Å². The second kappa shape index (κ2) is 4.79. The van der Waals surface area contributed by atoms with Crippen LogP contribution in [0.15, 0.2) is 41.8 Å². The minimum atomic E-state index is -1.05. The van der Waals surface area contributed by atoms with E-state index >= 15 is 0 Å². The summed E-state index contributed by atoms with van der Waals surface area (Å²) in [5.74, 6) is -1.79. The smallest absolute Gasteiger partial charge is 0.335 e. The lowest BCUT2D eigenvalue weighted by Gasteiger charge is -2.26. The Bertz CT molecular complexity index is 968. The Balaban J connectivity index is 1.78. The molecule has 0 saturated carbocycles. The highest BCUT2D eigenvalue weighted by Gasteiger charge is 2.33. The molecule has 1 aliphatic heterocycles. The molecule has 3 heterocycles. The number of hydrogen-bond donors (Lipinski definition) is 1. The van der Waals surface area contributed by atoms with Crippen molar-refractivity contribution in [2.45, 2.75) is 6.54 Å². The highest BCUT2D eigenvalue weighted by atomic mass is 32.1. The predicted molar refractivity (Wildman–Crippen MR) is 85.0 cm³/mol. The number of carbonyl (C=O) groups excluding carboxylic acids is 2. The molecular formula is C16H10N2O4S. The fourth-order valence-corrected chi connectivity index (χ4v) is 3.59. The van der Waals surface area contributed by atoms with Gasteiger partial charge in [0.1, 0.15) is 12.2 Å². The van der Waals surface area contributed by atoms with Crippen molar-refractivity contribution >= 4 is 45.0 Å². The molecule has 6 nitrogen and oxygen atoms in total. The second-order valence-electron chi connectivity index (χ2n) is 5.17. The minimum absolute atomic E-state index is 0.0853. The topological polar surface area (TPSA) is 79.6 Å². The van der Waals surface area contributed by atoms with E-state index in [1.54, 1.807) is 10.6 Å². The van der Waals surface area contributed by atoms with Crippen LogP contribution < -0.4 is 4.90 Å². The number of rotatable bonds is 2. The van der Waals surface area contributed by atoms with Gasteiger partial charge in [-0.3, -0.25) is 9.59 Å². The zero-order valence-electron chi connectivity index (χ0n) is 11.7. The largest absolute Gasteiger partial charge is 0.478 e. The molecule has 3 aromatic rings. The average molecular weight is 326 g/mol. The Labute approximate surface area is 134 Å². The summed E-state index contributed by atoms with van der Waals surface area (Å²) < 4.78 is 2.68. The van der Waals surface area contributed by atoms with Crippen molar-refractivity contribution in [3.63, 3.8) is 0 Å². The first-order valence-electron chi connectivity index (χ1n) is 6.83. The number of nitrogens with zero attached hydrogens (tertiary/aromatic N) is 2. The number of carboxylic acid groups (broad SMARTS) is 1. The molecule has 4 rings (SSSR count). The van der Waals surface area contributed by atoms with Gasteiger partial charge in [0.05, 0.1) is 21.5 Å². The van der Waals surface area contributed by atoms with Crippen molar-refractivity contribution in [2.24, 2.45) is 0 Å². The van der Waals surface area contributed by atoms with Gasteiger partial charge in [0.15, 0.2) is 0 Å². The summed E-state index contributed by atoms with van der Waals surface area (Å²) in [6, 6.07) is 9.38. The molecule has 0 aliphatic carbocycles. The number of carboxylic acids is 1. The van der Waals surface area contributed by atoms with Gasteiger partial charge in [0, 0.05) is 0 Å². The molecule has 2 aromatic heterocycles. The lowest BCUT2D eigenvalue weighted by Crippen LogP contribution is -2.44. The van der Waals surface area contributed by atoms with E-state index in [0.29, 0.717) is 11.4 Å². The van der Waals surface area contributed by atoms with Gasteiger partial charge in [0.25, 0.3) is 11.8 Å². The van der Waals surface area contributed by atoms with Crippen molar-refractivity contribution in [3.8, 4) is 0 Å². The van der Waals surface area contributed by atoms with Crippen LogP contribution in [0.2, 0.25) is 0 Å². The highest BCUT2D eigenvalue weighted by molar-refractivity contribution is 7.17. The molecule has 0 spiro atoms. The molecule has 0 saturated heterocycles. The minimum Gasteiger partial charge on any atom is -0.478 e. The van der Waals surface area contributed by atoms with Crippen molar-refractivity contribution in [2.75, 3.05) is 4.90 Å². The maximum atomic E-state index is 12.7. The third-order valence-electron chi connectivity index (χ3n) is 3.86. The number of imide groups is 1. The second-order valence-corrected chi connectivity index (χ2v) is 6.12. The molecular weight excluding hydrogens is 316 g/mol. The number of amides is 2. The van der Waals surface area contributed by atoms with Crippen LogP contribution in [0, 0.1) is 0 Å². The van der Waals surface area contributed by atoms with E-state index in [4.69, 9.17) is 5.11 Å². The van der Waals surface area contributed by atoms with Gasteiger partial charge in [-0.15, -0.1) is 11.3 Å². The SMILES string of the molecule is O=C(O)c1ccc(N2C(=O)Cn3c(cc4sccc43)C2=O)cc1. The normalized spacial score (nSPS) is 14.3. The first kappa shape index (κ1) is 13.7. The van der Waals surface area contributed by atoms with E-state index in [9.17, 15) is 14.4 Å². The zero-order chi connectivity index (χ0) is 16.1. The van der Waals surface area contributed by atoms with Crippen LogP contribution in [-0.2, 0) is 11.3 Å². The Morgan fingerprint density at radius 3 is 2.57 bits per heavy atom. The molecule has 2 amide bonds. The van der Waals surface area contributed by atoms with Crippen molar-refractivity contribution in [3.05, 3.63) is 53.0 Å². The van der Waals surface area contributed by atoms with Crippen LogP contribution in [0.1, 0.15) is 20.8 Å². The summed E-state index contributed by atoms with van der Waals surface area (Å²) in [5.41, 5.74) is 1.83. The van der Waals surface area contributed by atoms with Gasteiger partial charge in [-0.25, -0.2) is 9.69 Å². The maximum absolute atomic E-state index is 12.7. The molecule has 1 aliphatic rings. The van der Waals surface area contributed by atoms with Crippen molar-refractivity contribution < 1.29 is 19.5 Å². The first-order valence-corrected chi connectivity index (χ1v) is 7.71. The molecule has 23 heavy (non-hydrogen) atoms. The van der Waals surface area contributed by atoms with E-state index < -0.39 is 11.9 Å². The van der Waals surface area contributed by atoms with Crippen molar-refractivity contribution in [1.29, 1.82) is 0 Å². The number of aromatic nitrogens is 1. The van der Waals surface area contributed by atoms with Crippen molar-refractivity contribution in [1.82, 2.24) is 4.57 Å². The highest BCUT2D eigenvalue weighted by Crippen LogP contribution is 2.30. The molecule has 0 radical (unpaired) electrons. The molecule has 114 valence electrons. The Morgan fingerprint density at radius 2 is 1.87 bits per heavy atom. The lowest BCUT2D eigenvalue weighted by molar-refractivity contribution is -0.118. The van der Waals surface area contributed by atoms with Crippen LogP contribution in [0.5, 0.6) is 0 Å². The number of hydrogen-bond acceptors (Lipinski definition) is 4. The first-order chi connectivity index (χ1) is 11.1. The standard InChI is InChI=1S/C16H10N2O4S/c19-14-8-17-11-5-6-23-13(11)7-12(17)15(20)18(14)10-3-1-9(2-4-10)16(21)22/h1-7H,8H2,(H,21,22). The summed E-state index contributed by atoms with van der Waals surface area (Å²) >= 11 is 1.52. The Morgan fingerprint density at radius 1 is 1.13 bits per heavy atom. The summed E-state index contributed by atoms with van der Waals surface area (Å²) in [6.45, 7) is 0.0853. The summed E-state index contributed by atoms with van der Waals surface area (Å²) in [7, 11) is 0. The molecule has 0 fully saturated rings. The molecule has 7 heteroatoms. The molecule has 1 N–H and O–H groups in total. The third kappa shape index (κ3) is 1.97. The molecule has 0 unspecified atom stereocenters.